The monoisotopic (exact) mass is 174 g/mol. The Morgan fingerprint density at radius 1 is 1.55 bits per heavy atom. The van der Waals surface area contributed by atoms with Gasteiger partial charge >= 0.3 is 0 Å². The lowest BCUT2D eigenvalue weighted by Gasteiger charge is -2.04. The number of benzene rings is 1. The van der Waals surface area contributed by atoms with Crippen LogP contribution in [-0.4, -0.2) is 5.11 Å². The summed E-state index contributed by atoms with van der Waals surface area (Å²) in [4.78, 5) is 0. The molecule has 0 aliphatic rings. The van der Waals surface area contributed by atoms with Crippen LogP contribution in [-0.2, 0) is 0 Å². The van der Waals surface area contributed by atoms with Gasteiger partial charge in [0.15, 0.2) is 0 Å². The largest absolute Gasteiger partial charge is 0.389 e. The highest BCUT2D eigenvalue weighted by Crippen LogP contribution is 2.19. The Hall–Kier alpha value is -0.600. The average molecular weight is 175 g/mol. The molecule has 0 spiro atoms. The standard InChI is InChI=1S/C8H8ClFO/c1-5(11)6-2-3-8(10)7(9)4-6/h2-5,11H,1H3. The molecular weight excluding hydrogens is 167 g/mol. The Kier molecular flexibility index (Phi) is 2.47. The first-order chi connectivity index (χ1) is 5.11. The van der Waals surface area contributed by atoms with Gasteiger partial charge in [-0.1, -0.05) is 17.7 Å². The molecule has 0 bridgehead atoms. The van der Waals surface area contributed by atoms with Crippen LogP contribution in [0.25, 0.3) is 0 Å². The third kappa shape index (κ3) is 1.91. The summed E-state index contributed by atoms with van der Waals surface area (Å²) in [6, 6.07) is 4.16. The van der Waals surface area contributed by atoms with E-state index in [1.54, 1.807) is 6.92 Å². The number of rotatable bonds is 1. The smallest absolute Gasteiger partial charge is 0.141 e. The molecule has 1 aromatic carbocycles. The zero-order valence-electron chi connectivity index (χ0n) is 6.01. The van der Waals surface area contributed by atoms with Crippen LogP contribution in [0.2, 0.25) is 5.02 Å². The van der Waals surface area contributed by atoms with Crippen LogP contribution in [0, 0.1) is 5.82 Å². The van der Waals surface area contributed by atoms with Gasteiger partial charge < -0.3 is 5.11 Å². The predicted octanol–water partition coefficient (Wildman–Crippen LogP) is 2.53. The topological polar surface area (TPSA) is 20.2 Å². The van der Waals surface area contributed by atoms with E-state index in [1.807, 2.05) is 0 Å². The van der Waals surface area contributed by atoms with Crippen molar-refractivity contribution in [3.63, 3.8) is 0 Å². The predicted molar refractivity (Wildman–Crippen MR) is 42.0 cm³/mol. The Bertz CT molecular complexity index is 260. The maximum atomic E-state index is 12.5. The summed E-state index contributed by atoms with van der Waals surface area (Å²) in [5.41, 5.74) is 0.622. The summed E-state index contributed by atoms with van der Waals surface area (Å²) in [7, 11) is 0. The van der Waals surface area contributed by atoms with E-state index in [2.05, 4.69) is 0 Å². The Balaban J connectivity index is 3.05. The highest BCUT2D eigenvalue weighted by Gasteiger charge is 2.03. The Labute approximate surface area is 69.4 Å². The van der Waals surface area contributed by atoms with Crippen molar-refractivity contribution in [1.82, 2.24) is 0 Å². The molecule has 60 valence electrons. The van der Waals surface area contributed by atoms with Crippen LogP contribution in [0.5, 0.6) is 0 Å². The van der Waals surface area contributed by atoms with Gasteiger partial charge in [0.1, 0.15) is 5.82 Å². The fraction of sp³-hybridized carbons (Fsp3) is 0.250. The van der Waals surface area contributed by atoms with Gasteiger partial charge in [-0.3, -0.25) is 0 Å². The first-order valence-electron chi connectivity index (χ1n) is 3.24. The fourth-order valence-corrected chi connectivity index (χ4v) is 0.961. The van der Waals surface area contributed by atoms with Gasteiger partial charge in [0.05, 0.1) is 11.1 Å². The van der Waals surface area contributed by atoms with Gasteiger partial charge in [0.2, 0.25) is 0 Å². The Morgan fingerprint density at radius 2 is 2.18 bits per heavy atom. The molecule has 0 amide bonds. The summed E-state index contributed by atoms with van der Waals surface area (Å²) in [5, 5.41) is 9.10. The zero-order valence-corrected chi connectivity index (χ0v) is 6.77. The van der Waals surface area contributed by atoms with Crippen molar-refractivity contribution in [2.45, 2.75) is 13.0 Å². The Morgan fingerprint density at radius 3 is 2.64 bits per heavy atom. The number of aliphatic hydroxyl groups is 1. The molecule has 1 rings (SSSR count). The molecule has 1 N–H and O–H groups in total. The minimum Gasteiger partial charge on any atom is -0.389 e. The molecule has 0 saturated heterocycles. The van der Waals surface area contributed by atoms with Gasteiger partial charge in [-0.05, 0) is 24.6 Å². The normalized spacial score (nSPS) is 13.1. The number of aliphatic hydroxyl groups excluding tert-OH is 1. The molecule has 0 saturated carbocycles. The van der Waals surface area contributed by atoms with Crippen molar-refractivity contribution >= 4 is 11.6 Å². The van der Waals surface area contributed by atoms with Gasteiger partial charge in [0.25, 0.3) is 0 Å². The van der Waals surface area contributed by atoms with E-state index in [0.717, 1.165) is 0 Å². The molecule has 1 atom stereocenters. The van der Waals surface area contributed by atoms with Gasteiger partial charge in [-0.25, -0.2) is 4.39 Å². The number of hydrogen-bond acceptors (Lipinski definition) is 1. The van der Waals surface area contributed by atoms with Gasteiger partial charge in [-0.15, -0.1) is 0 Å². The van der Waals surface area contributed by atoms with Crippen LogP contribution >= 0.6 is 11.6 Å². The highest BCUT2D eigenvalue weighted by atomic mass is 35.5. The van der Waals surface area contributed by atoms with Crippen LogP contribution in [0.1, 0.15) is 18.6 Å². The third-order valence-corrected chi connectivity index (χ3v) is 1.72. The van der Waals surface area contributed by atoms with Crippen LogP contribution in [0.3, 0.4) is 0 Å². The van der Waals surface area contributed by atoms with E-state index in [9.17, 15) is 4.39 Å². The molecule has 0 aliphatic heterocycles. The molecule has 0 heterocycles. The highest BCUT2D eigenvalue weighted by molar-refractivity contribution is 6.30. The fourth-order valence-electron chi connectivity index (χ4n) is 0.772. The number of halogens is 2. The maximum Gasteiger partial charge on any atom is 0.141 e. The zero-order chi connectivity index (χ0) is 8.43. The SMILES string of the molecule is CC(O)c1ccc(F)c(Cl)c1. The van der Waals surface area contributed by atoms with Crippen LogP contribution < -0.4 is 0 Å². The lowest BCUT2D eigenvalue weighted by Crippen LogP contribution is -1.91. The summed E-state index contributed by atoms with van der Waals surface area (Å²) >= 11 is 5.47. The lowest BCUT2D eigenvalue weighted by atomic mass is 10.1. The van der Waals surface area contributed by atoms with Gasteiger partial charge in [0, 0.05) is 0 Å². The molecule has 0 aliphatic carbocycles. The van der Waals surface area contributed by atoms with E-state index < -0.39 is 11.9 Å². The van der Waals surface area contributed by atoms with Gasteiger partial charge in [-0.2, -0.15) is 0 Å². The first-order valence-corrected chi connectivity index (χ1v) is 3.62. The quantitative estimate of drug-likeness (QED) is 0.694. The molecular formula is C8H8ClFO. The second kappa shape index (κ2) is 3.20. The molecule has 1 unspecified atom stereocenters. The molecule has 11 heavy (non-hydrogen) atoms. The summed E-state index contributed by atoms with van der Waals surface area (Å²) < 4.78 is 12.5. The summed E-state index contributed by atoms with van der Waals surface area (Å²) in [6.07, 6.45) is -0.604. The number of hydrogen-bond donors (Lipinski definition) is 1. The van der Waals surface area contributed by atoms with E-state index in [4.69, 9.17) is 16.7 Å². The lowest BCUT2D eigenvalue weighted by molar-refractivity contribution is 0.199. The van der Waals surface area contributed by atoms with Crippen molar-refractivity contribution in [3.8, 4) is 0 Å². The summed E-state index contributed by atoms with van der Waals surface area (Å²) in [6.45, 7) is 1.60. The molecule has 0 aromatic heterocycles. The summed E-state index contributed by atoms with van der Waals surface area (Å²) in [5.74, 6) is -0.462. The second-order valence-electron chi connectivity index (χ2n) is 2.35. The third-order valence-electron chi connectivity index (χ3n) is 1.43. The minimum absolute atomic E-state index is 0.0448. The van der Waals surface area contributed by atoms with E-state index >= 15 is 0 Å². The second-order valence-corrected chi connectivity index (χ2v) is 2.76. The molecule has 0 radical (unpaired) electrons. The van der Waals surface area contributed by atoms with Crippen LogP contribution in [0.4, 0.5) is 4.39 Å². The van der Waals surface area contributed by atoms with Crippen molar-refractivity contribution in [1.29, 1.82) is 0 Å². The minimum atomic E-state index is -0.604. The van der Waals surface area contributed by atoms with Crippen molar-refractivity contribution in [2.24, 2.45) is 0 Å². The van der Waals surface area contributed by atoms with Crippen molar-refractivity contribution in [2.75, 3.05) is 0 Å². The van der Waals surface area contributed by atoms with E-state index in [-0.39, 0.29) is 5.02 Å². The van der Waals surface area contributed by atoms with E-state index in [0.29, 0.717) is 5.56 Å². The van der Waals surface area contributed by atoms with Crippen molar-refractivity contribution in [3.05, 3.63) is 34.6 Å². The van der Waals surface area contributed by atoms with E-state index in [1.165, 1.54) is 18.2 Å². The molecule has 1 nitrogen and oxygen atoms in total. The molecule has 1 aromatic rings. The van der Waals surface area contributed by atoms with Crippen molar-refractivity contribution < 1.29 is 9.50 Å². The molecule has 0 fully saturated rings. The maximum absolute atomic E-state index is 12.5. The van der Waals surface area contributed by atoms with Crippen LogP contribution in [0.15, 0.2) is 18.2 Å². The average Bonchev–Trinajstić information content (AvgIpc) is 1.94. The first kappa shape index (κ1) is 8.50. The molecule has 3 heteroatoms.